The molecule has 0 aromatic carbocycles. The fourth-order valence-corrected chi connectivity index (χ4v) is 3.09. The summed E-state index contributed by atoms with van der Waals surface area (Å²) in [6.07, 6.45) is 13.5. The molecule has 0 aliphatic carbocycles. The zero-order chi connectivity index (χ0) is 18.3. The molecule has 25 heavy (non-hydrogen) atoms. The van der Waals surface area contributed by atoms with Crippen molar-refractivity contribution in [2.45, 2.75) is 95.5 Å². The molecule has 1 aliphatic rings. The van der Waals surface area contributed by atoms with Crippen LogP contribution in [-0.4, -0.2) is 59.6 Å². The highest BCUT2D eigenvalue weighted by Crippen LogP contribution is 2.19. The molecule has 1 saturated heterocycles. The van der Waals surface area contributed by atoms with Crippen LogP contribution in [0, 0.1) is 0 Å². The molecule has 1 aliphatic heterocycles. The number of aliphatic hydroxyl groups excluding tert-OH is 3. The Hall–Kier alpha value is -0.460. The average Bonchev–Trinajstić information content (AvgIpc) is 2.61. The van der Waals surface area contributed by atoms with E-state index in [0.717, 1.165) is 12.8 Å². The van der Waals surface area contributed by atoms with Gasteiger partial charge < -0.3 is 24.8 Å². The van der Waals surface area contributed by atoms with Crippen LogP contribution in [0.25, 0.3) is 0 Å². The largest absolute Gasteiger partial charge is 0.394 e. The second-order valence-electron chi connectivity index (χ2n) is 6.97. The quantitative estimate of drug-likeness (QED) is 0.329. The Morgan fingerprint density at radius 2 is 1.60 bits per heavy atom. The van der Waals surface area contributed by atoms with Crippen molar-refractivity contribution in [3.05, 3.63) is 12.2 Å². The van der Waals surface area contributed by atoms with Gasteiger partial charge in [0.1, 0.15) is 24.4 Å². The third-order valence-corrected chi connectivity index (χ3v) is 4.72. The van der Waals surface area contributed by atoms with E-state index in [4.69, 9.17) is 14.6 Å². The summed E-state index contributed by atoms with van der Waals surface area (Å²) in [7, 11) is 0. The molecule has 0 radical (unpaired) electrons. The van der Waals surface area contributed by atoms with E-state index in [1.807, 2.05) is 0 Å². The van der Waals surface area contributed by atoms with Crippen molar-refractivity contribution in [1.29, 1.82) is 0 Å². The molecule has 1 rings (SSSR count). The molecule has 0 aromatic heterocycles. The van der Waals surface area contributed by atoms with E-state index in [-0.39, 0.29) is 13.2 Å². The van der Waals surface area contributed by atoms with Crippen molar-refractivity contribution < 1.29 is 24.8 Å². The molecule has 5 nitrogen and oxygen atoms in total. The lowest BCUT2D eigenvalue weighted by atomic mass is 10.0. The highest BCUT2D eigenvalue weighted by atomic mass is 16.6. The van der Waals surface area contributed by atoms with Gasteiger partial charge in [0.15, 0.2) is 0 Å². The number of allylic oxidation sites excluding steroid dienone is 2. The van der Waals surface area contributed by atoms with Crippen LogP contribution in [-0.2, 0) is 9.47 Å². The van der Waals surface area contributed by atoms with E-state index in [1.165, 1.54) is 51.4 Å². The van der Waals surface area contributed by atoms with Crippen molar-refractivity contribution in [1.82, 2.24) is 0 Å². The van der Waals surface area contributed by atoms with Gasteiger partial charge in [-0.25, -0.2) is 0 Å². The van der Waals surface area contributed by atoms with Crippen molar-refractivity contribution >= 4 is 0 Å². The number of hydrogen-bond acceptors (Lipinski definition) is 5. The highest BCUT2D eigenvalue weighted by Gasteiger charge is 2.38. The van der Waals surface area contributed by atoms with Gasteiger partial charge in [-0.1, -0.05) is 51.2 Å². The summed E-state index contributed by atoms with van der Waals surface area (Å²) < 4.78 is 10.8. The van der Waals surface area contributed by atoms with E-state index in [2.05, 4.69) is 19.1 Å². The molecule has 1 fully saturated rings. The zero-order valence-corrected chi connectivity index (χ0v) is 15.8. The number of aliphatic hydroxyl groups is 3. The van der Waals surface area contributed by atoms with Gasteiger partial charge in [-0.3, -0.25) is 0 Å². The van der Waals surface area contributed by atoms with Crippen molar-refractivity contribution in [2.24, 2.45) is 0 Å². The maximum Gasteiger partial charge on any atom is 0.114 e. The summed E-state index contributed by atoms with van der Waals surface area (Å²) in [5.41, 5.74) is 0. The molecule has 0 aromatic rings. The van der Waals surface area contributed by atoms with Gasteiger partial charge in [-0.15, -0.1) is 0 Å². The van der Waals surface area contributed by atoms with Crippen molar-refractivity contribution in [2.75, 3.05) is 19.8 Å². The topological polar surface area (TPSA) is 79.2 Å². The summed E-state index contributed by atoms with van der Waals surface area (Å²) in [5.74, 6) is 0. The molecule has 0 amide bonds. The lowest BCUT2D eigenvalue weighted by Gasteiger charge is -2.37. The van der Waals surface area contributed by atoms with Crippen LogP contribution in [0.15, 0.2) is 12.2 Å². The molecule has 1 heterocycles. The SMILES string of the molecule is CCCCC/C=C/CCCCCCCO[C@@H]1[C@@H](O)[C@H](CO)OC[C@H]1O. The van der Waals surface area contributed by atoms with Crippen molar-refractivity contribution in [3.8, 4) is 0 Å². The fraction of sp³-hybridized carbons (Fsp3) is 0.900. The zero-order valence-electron chi connectivity index (χ0n) is 15.8. The molecule has 0 saturated carbocycles. The predicted octanol–water partition coefficient (Wildman–Crippen LogP) is 2.96. The van der Waals surface area contributed by atoms with Gasteiger partial charge in [0.2, 0.25) is 0 Å². The monoisotopic (exact) mass is 358 g/mol. The minimum Gasteiger partial charge on any atom is -0.394 e. The van der Waals surface area contributed by atoms with E-state index < -0.39 is 24.4 Å². The standard InChI is InChI=1S/C20H38O5/c1-2-3-4-5-6-7-8-9-10-11-12-13-14-24-20-17(22)16-25-18(15-21)19(20)23/h6-7,17-23H,2-5,8-16H2,1H3/b7-6+/t17-,18+,19+,20+/m1/s1. The van der Waals surface area contributed by atoms with Crippen LogP contribution in [0.3, 0.4) is 0 Å². The van der Waals surface area contributed by atoms with Crippen LogP contribution < -0.4 is 0 Å². The summed E-state index contributed by atoms with van der Waals surface area (Å²) in [6.45, 7) is 2.59. The number of rotatable bonds is 14. The number of ether oxygens (including phenoxy) is 2. The first-order valence-corrected chi connectivity index (χ1v) is 10.1. The lowest BCUT2D eigenvalue weighted by Crippen LogP contribution is -2.55. The first kappa shape index (κ1) is 22.6. The second kappa shape index (κ2) is 14.7. The Bertz CT molecular complexity index is 334. The first-order valence-electron chi connectivity index (χ1n) is 10.1. The molecule has 5 heteroatoms. The minimum absolute atomic E-state index is 0.0961. The van der Waals surface area contributed by atoms with Gasteiger partial charge in [-0.2, -0.15) is 0 Å². The smallest absolute Gasteiger partial charge is 0.114 e. The van der Waals surface area contributed by atoms with Crippen LogP contribution in [0.5, 0.6) is 0 Å². The average molecular weight is 359 g/mol. The third kappa shape index (κ3) is 9.71. The number of hydrogen-bond donors (Lipinski definition) is 3. The minimum atomic E-state index is -0.974. The van der Waals surface area contributed by atoms with Crippen LogP contribution in [0.4, 0.5) is 0 Å². The molecule has 4 atom stereocenters. The predicted molar refractivity (Wildman–Crippen MR) is 99.6 cm³/mol. The Morgan fingerprint density at radius 1 is 0.960 bits per heavy atom. The van der Waals surface area contributed by atoms with Gasteiger partial charge in [-0.05, 0) is 32.1 Å². The van der Waals surface area contributed by atoms with Crippen molar-refractivity contribution in [3.63, 3.8) is 0 Å². The summed E-state index contributed by atoms with van der Waals surface area (Å²) in [4.78, 5) is 0. The molecule has 3 N–H and O–H groups in total. The Morgan fingerprint density at radius 3 is 2.28 bits per heavy atom. The molecular weight excluding hydrogens is 320 g/mol. The van der Waals surface area contributed by atoms with Gasteiger partial charge in [0.05, 0.1) is 13.2 Å². The fourth-order valence-electron chi connectivity index (χ4n) is 3.09. The van der Waals surface area contributed by atoms with E-state index >= 15 is 0 Å². The Kier molecular flexibility index (Phi) is 13.3. The van der Waals surface area contributed by atoms with Crippen LogP contribution >= 0.6 is 0 Å². The molecule has 0 spiro atoms. The maximum absolute atomic E-state index is 10.0. The summed E-state index contributed by atoms with van der Waals surface area (Å²) in [5, 5.41) is 29.0. The van der Waals surface area contributed by atoms with Gasteiger partial charge in [0, 0.05) is 6.61 Å². The second-order valence-corrected chi connectivity index (χ2v) is 6.97. The summed E-state index contributed by atoms with van der Waals surface area (Å²) in [6, 6.07) is 0. The Labute approximate surface area is 153 Å². The Balaban J connectivity index is 1.96. The summed E-state index contributed by atoms with van der Waals surface area (Å²) >= 11 is 0. The maximum atomic E-state index is 10.0. The molecular formula is C20H38O5. The normalized spacial score (nSPS) is 27.2. The molecule has 0 unspecified atom stereocenters. The molecule has 0 bridgehead atoms. The third-order valence-electron chi connectivity index (χ3n) is 4.72. The first-order chi connectivity index (χ1) is 12.2. The van der Waals surface area contributed by atoms with E-state index in [0.29, 0.717) is 6.61 Å². The number of unbranched alkanes of at least 4 members (excludes halogenated alkanes) is 8. The van der Waals surface area contributed by atoms with Crippen LogP contribution in [0.2, 0.25) is 0 Å². The van der Waals surface area contributed by atoms with Crippen LogP contribution in [0.1, 0.15) is 71.1 Å². The van der Waals surface area contributed by atoms with E-state index in [9.17, 15) is 10.2 Å². The van der Waals surface area contributed by atoms with E-state index in [1.54, 1.807) is 0 Å². The lowest BCUT2D eigenvalue weighted by molar-refractivity contribution is -0.210. The molecule has 148 valence electrons. The highest BCUT2D eigenvalue weighted by molar-refractivity contribution is 4.87. The van der Waals surface area contributed by atoms with Gasteiger partial charge in [0.25, 0.3) is 0 Å². The van der Waals surface area contributed by atoms with Gasteiger partial charge >= 0.3 is 0 Å².